The van der Waals surface area contributed by atoms with Gasteiger partial charge >= 0.3 is 5.97 Å². The highest BCUT2D eigenvalue weighted by Crippen LogP contribution is 2.32. The third-order valence-corrected chi connectivity index (χ3v) is 5.37. The third kappa shape index (κ3) is 4.35. The number of H-pyrrole nitrogens is 1. The number of anilines is 2. The predicted molar refractivity (Wildman–Crippen MR) is 121 cm³/mol. The van der Waals surface area contributed by atoms with Gasteiger partial charge in [0.05, 0.1) is 25.4 Å². The summed E-state index contributed by atoms with van der Waals surface area (Å²) in [6.07, 6.45) is 2.02. The SMILES string of the molecule is CCOC(=O)c1[nH]c2ccc(OCC)cc2c1NC(=O)CN1CCCc2ccccc21. The number of amides is 1. The quantitative estimate of drug-likeness (QED) is 0.561. The number of carbonyl (C=O) groups excluding carboxylic acids is 2. The molecule has 0 fully saturated rings. The Kier molecular flexibility index (Phi) is 6.11. The maximum Gasteiger partial charge on any atom is 0.356 e. The van der Waals surface area contributed by atoms with Gasteiger partial charge < -0.3 is 24.7 Å². The van der Waals surface area contributed by atoms with E-state index in [1.165, 1.54) is 5.56 Å². The maximum absolute atomic E-state index is 13.0. The lowest BCUT2D eigenvalue weighted by Gasteiger charge is -2.30. The molecule has 1 aromatic heterocycles. The van der Waals surface area contributed by atoms with E-state index in [1.807, 2.05) is 43.3 Å². The van der Waals surface area contributed by atoms with E-state index in [0.29, 0.717) is 23.4 Å². The highest BCUT2D eigenvalue weighted by molar-refractivity contribution is 6.11. The maximum atomic E-state index is 13.0. The minimum Gasteiger partial charge on any atom is -0.494 e. The molecule has 1 aliphatic heterocycles. The summed E-state index contributed by atoms with van der Waals surface area (Å²) in [5.74, 6) is -0.0230. The van der Waals surface area contributed by atoms with Crippen LogP contribution in [0.3, 0.4) is 0 Å². The van der Waals surface area contributed by atoms with E-state index in [2.05, 4.69) is 21.3 Å². The van der Waals surface area contributed by atoms with E-state index in [-0.39, 0.29) is 24.8 Å². The van der Waals surface area contributed by atoms with Gasteiger partial charge in [-0.15, -0.1) is 0 Å². The van der Waals surface area contributed by atoms with Gasteiger partial charge in [0.1, 0.15) is 11.4 Å². The van der Waals surface area contributed by atoms with E-state index in [0.717, 1.165) is 30.6 Å². The number of carbonyl (C=O) groups is 2. The molecule has 2 aromatic carbocycles. The fourth-order valence-electron chi connectivity index (χ4n) is 4.04. The predicted octanol–water partition coefficient (Wildman–Crippen LogP) is 4.13. The molecule has 0 aliphatic carbocycles. The molecule has 0 atom stereocenters. The summed E-state index contributed by atoms with van der Waals surface area (Å²) in [4.78, 5) is 30.7. The average molecular weight is 421 g/mol. The minimum absolute atomic E-state index is 0.190. The van der Waals surface area contributed by atoms with Gasteiger partial charge in [-0.1, -0.05) is 18.2 Å². The molecule has 31 heavy (non-hydrogen) atoms. The molecule has 7 nitrogen and oxygen atoms in total. The second-order valence-corrected chi connectivity index (χ2v) is 7.44. The summed E-state index contributed by atoms with van der Waals surface area (Å²) in [6, 6.07) is 13.6. The minimum atomic E-state index is -0.504. The summed E-state index contributed by atoms with van der Waals surface area (Å²) in [7, 11) is 0. The van der Waals surface area contributed by atoms with Crippen LogP contribution in [0.25, 0.3) is 10.9 Å². The van der Waals surface area contributed by atoms with Gasteiger partial charge in [0.25, 0.3) is 0 Å². The Bertz CT molecular complexity index is 1110. The fraction of sp³-hybridized carbons (Fsp3) is 0.333. The Morgan fingerprint density at radius 1 is 1.13 bits per heavy atom. The molecule has 7 heteroatoms. The van der Waals surface area contributed by atoms with Crippen molar-refractivity contribution in [3.63, 3.8) is 0 Å². The van der Waals surface area contributed by atoms with Crippen LogP contribution >= 0.6 is 0 Å². The first-order valence-corrected chi connectivity index (χ1v) is 10.7. The van der Waals surface area contributed by atoms with Gasteiger partial charge in [0, 0.05) is 23.1 Å². The van der Waals surface area contributed by atoms with Crippen LogP contribution in [-0.4, -0.2) is 43.2 Å². The Morgan fingerprint density at radius 2 is 1.97 bits per heavy atom. The zero-order valence-electron chi connectivity index (χ0n) is 17.9. The van der Waals surface area contributed by atoms with Crippen molar-refractivity contribution in [2.75, 3.05) is 36.5 Å². The van der Waals surface area contributed by atoms with Crippen molar-refractivity contribution in [3.05, 3.63) is 53.7 Å². The van der Waals surface area contributed by atoms with E-state index in [1.54, 1.807) is 6.92 Å². The molecule has 0 bridgehead atoms. The summed E-state index contributed by atoms with van der Waals surface area (Å²) in [5.41, 5.74) is 3.72. The zero-order valence-corrected chi connectivity index (χ0v) is 17.9. The second kappa shape index (κ2) is 9.12. The Labute approximate surface area is 181 Å². The molecule has 3 aromatic rings. The molecular formula is C24H27N3O4. The molecular weight excluding hydrogens is 394 g/mol. The molecule has 2 heterocycles. The van der Waals surface area contributed by atoms with Gasteiger partial charge in [-0.05, 0) is 56.5 Å². The molecule has 0 saturated carbocycles. The van der Waals surface area contributed by atoms with Crippen molar-refractivity contribution in [3.8, 4) is 5.75 Å². The smallest absolute Gasteiger partial charge is 0.356 e. The standard InChI is InChI=1S/C24H27N3O4/c1-3-30-17-11-12-19-18(14-17)22(23(25-19)24(29)31-4-2)26-21(28)15-27-13-7-9-16-8-5-6-10-20(16)27/h5-6,8,10-12,14,25H,3-4,7,9,13,15H2,1-2H3,(H,26,28). The number of hydrogen-bond acceptors (Lipinski definition) is 5. The lowest BCUT2D eigenvalue weighted by Crippen LogP contribution is -2.37. The van der Waals surface area contributed by atoms with Crippen molar-refractivity contribution >= 4 is 34.2 Å². The first-order valence-electron chi connectivity index (χ1n) is 10.7. The van der Waals surface area contributed by atoms with E-state index in [9.17, 15) is 9.59 Å². The number of fused-ring (bicyclic) bond motifs is 2. The van der Waals surface area contributed by atoms with Crippen molar-refractivity contribution in [2.45, 2.75) is 26.7 Å². The van der Waals surface area contributed by atoms with Crippen LogP contribution in [-0.2, 0) is 16.0 Å². The summed E-state index contributed by atoms with van der Waals surface area (Å²) in [5, 5.41) is 3.66. The van der Waals surface area contributed by atoms with Crippen LogP contribution in [0.5, 0.6) is 5.75 Å². The number of aryl methyl sites for hydroxylation is 1. The van der Waals surface area contributed by atoms with Crippen LogP contribution in [0.2, 0.25) is 0 Å². The third-order valence-electron chi connectivity index (χ3n) is 5.37. The molecule has 0 spiro atoms. The molecule has 2 N–H and O–H groups in total. The van der Waals surface area contributed by atoms with Crippen LogP contribution in [0, 0.1) is 0 Å². The number of esters is 1. The molecule has 1 amide bonds. The normalized spacial score (nSPS) is 13.0. The van der Waals surface area contributed by atoms with E-state index in [4.69, 9.17) is 9.47 Å². The van der Waals surface area contributed by atoms with Crippen LogP contribution in [0.15, 0.2) is 42.5 Å². The first-order chi connectivity index (χ1) is 15.1. The molecule has 0 radical (unpaired) electrons. The van der Waals surface area contributed by atoms with Gasteiger partial charge in [-0.3, -0.25) is 4.79 Å². The van der Waals surface area contributed by atoms with Crippen molar-refractivity contribution in [1.29, 1.82) is 0 Å². The molecule has 1 aliphatic rings. The molecule has 0 saturated heterocycles. The second-order valence-electron chi connectivity index (χ2n) is 7.44. The molecule has 162 valence electrons. The zero-order chi connectivity index (χ0) is 21.8. The topological polar surface area (TPSA) is 83.7 Å². The van der Waals surface area contributed by atoms with Gasteiger partial charge in [0.2, 0.25) is 5.91 Å². The van der Waals surface area contributed by atoms with E-state index < -0.39 is 5.97 Å². The monoisotopic (exact) mass is 421 g/mol. The van der Waals surface area contributed by atoms with Crippen molar-refractivity contribution in [2.24, 2.45) is 0 Å². The highest BCUT2D eigenvalue weighted by atomic mass is 16.5. The number of nitrogens with one attached hydrogen (secondary N) is 2. The Balaban J connectivity index is 1.63. The Morgan fingerprint density at radius 3 is 2.77 bits per heavy atom. The van der Waals surface area contributed by atoms with Gasteiger partial charge in [-0.25, -0.2) is 4.79 Å². The Hall–Kier alpha value is -3.48. The van der Waals surface area contributed by atoms with Crippen molar-refractivity contribution in [1.82, 2.24) is 4.98 Å². The first kappa shape index (κ1) is 20.8. The van der Waals surface area contributed by atoms with E-state index >= 15 is 0 Å². The van der Waals surface area contributed by atoms with Gasteiger partial charge in [0.15, 0.2) is 0 Å². The number of ether oxygens (including phenoxy) is 2. The van der Waals surface area contributed by atoms with Gasteiger partial charge in [-0.2, -0.15) is 0 Å². The lowest BCUT2D eigenvalue weighted by molar-refractivity contribution is -0.115. The number of rotatable bonds is 7. The summed E-state index contributed by atoms with van der Waals surface area (Å²) in [6.45, 7) is 5.45. The number of benzene rings is 2. The number of hydrogen-bond donors (Lipinski definition) is 2. The largest absolute Gasteiger partial charge is 0.494 e. The number of nitrogens with zero attached hydrogens (tertiary/aromatic N) is 1. The summed E-state index contributed by atoms with van der Waals surface area (Å²) >= 11 is 0. The highest BCUT2D eigenvalue weighted by Gasteiger charge is 2.23. The van der Waals surface area contributed by atoms with Crippen molar-refractivity contribution < 1.29 is 19.1 Å². The van der Waals surface area contributed by atoms with Crippen LogP contribution in [0.1, 0.15) is 36.3 Å². The average Bonchev–Trinajstić information content (AvgIpc) is 3.12. The summed E-state index contributed by atoms with van der Waals surface area (Å²) < 4.78 is 10.8. The van der Waals surface area contributed by atoms with Crippen LogP contribution in [0.4, 0.5) is 11.4 Å². The van der Waals surface area contributed by atoms with Crippen LogP contribution < -0.4 is 15.0 Å². The number of para-hydroxylation sites is 1. The number of aromatic amines is 1. The number of aromatic nitrogens is 1. The lowest BCUT2D eigenvalue weighted by atomic mass is 10.0. The fourth-order valence-corrected chi connectivity index (χ4v) is 4.04. The molecule has 0 unspecified atom stereocenters. The molecule has 4 rings (SSSR count).